The highest BCUT2D eigenvalue weighted by Gasteiger charge is 2.20. The molecular formula is C33H31NS2. The van der Waals surface area contributed by atoms with Crippen LogP contribution < -0.4 is 0 Å². The van der Waals surface area contributed by atoms with Crippen LogP contribution >= 0.6 is 22.7 Å². The van der Waals surface area contributed by atoms with Gasteiger partial charge in [-0.1, -0.05) is 71.0 Å². The lowest BCUT2D eigenvalue weighted by Crippen LogP contribution is -2.12. The maximum absolute atomic E-state index is 4.91. The fourth-order valence-electron chi connectivity index (χ4n) is 5.15. The average Bonchev–Trinajstić information content (AvgIpc) is 3.46. The minimum atomic E-state index is 0.0512. The third-order valence-electron chi connectivity index (χ3n) is 6.85. The van der Waals surface area contributed by atoms with Crippen molar-refractivity contribution in [2.45, 2.75) is 46.5 Å². The summed E-state index contributed by atoms with van der Waals surface area (Å²) in [5.41, 5.74) is 5.13. The van der Waals surface area contributed by atoms with E-state index >= 15 is 0 Å². The number of nitrogens with zero attached hydrogens (tertiary/aromatic N) is 1. The summed E-state index contributed by atoms with van der Waals surface area (Å²) < 4.78 is 2.64. The number of pyridine rings is 1. The largest absolute Gasteiger partial charge is 0.255 e. The minimum absolute atomic E-state index is 0.0512. The number of hydrogen-bond donors (Lipinski definition) is 0. The van der Waals surface area contributed by atoms with Crippen LogP contribution in [-0.2, 0) is 11.8 Å². The van der Waals surface area contributed by atoms with Crippen LogP contribution in [-0.4, -0.2) is 4.98 Å². The molecule has 0 unspecified atom stereocenters. The lowest BCUT2D eigenvalue weighted by molar-refractivity contribution is 0.596. The monoisotopic (exact) mass is 505 g/mol. The first-order chi connectivity index (χ1) is 17.3. The van der Waals surface area contributed by atoms with E-state index < -0.39 is 0 Å². The van der Waals surface area contributed by atoms with E-state index in [1.807, 2.05) is 28.9 Å². The van der Waals surface area contributed by atoms with Crippen molar-refractivity contribution in [1.82, 2.24) is 4.98 Å². The molecule has 1 nitrogen and oxygen atoms in total. The fourth-order valence-corrected chi connectivity index (χ4v) is 7.52. The van der Waals surface area contributed by atoms with Crippen LogP contribution in [0.3, 0.4) is 0 Å². The lowest BCUT2D eigenvalue weighted by atomic mass is 9.82. The van der Waals surface area contributed by atoms with Crippen molar-refractivity contribution in [2.75, 3.05) is 0 Å². The van der Waals surface area contributed by atoms with Gasteiger partial charge in [0.2, 0.25) is 0 Å². The summed E-state index contributed by atoms with van der Waals surface area (Å²) in [6.45, 7) is 11.5. The Kier molecular flexibility index (Phi) is 5.74. The van der Waals surface area contributed by atoms with Crippen molar-refractivity contribution in [3.8, 4) is 21.0 Å². The molecule has 0 N–H and O–H groups in total. The molecule has 0 saturated carbocycles. The Bertz CT molecular complexity index is 1730. The van der Waals surface area contributed by atoms with Crippen molar-refractivity contribution in [1.29, 1.82) is 0 Å². The van der Waals surface area contributed by atoms with Gasteiger partial charge in [-0.25, -0.2) is 0 Å². The topological polar surface area (TPSA) is 12.9 Å². The molecule has 3 aromatic heterocycles. The highest BCUT2D eigenvalue weighted by Crippen LogP contribution is 2.43. The van der Waals surface area contributed by atoms with E-state index in [1.165, 1.54) is 57.4 Å². The van der Waals surface area contributed by atoms with Gasteiger partial charge in [-0.3, -0.25) is 4.98 Å². The van der Waals surface area contributed by atoms with E-state index in [4.69, 9.17) is 4.98 Å². The van der Waals surface area contributed by atoms with E-state index in [0.717, 1.165) is 12.1 Å². The van der Waals surface area contributed by atoms with E-state index in [1.54, 1.807) is 0 Å². The van der Waals surface area contributed by atoms with Crippen LogP contribution in [0.2, 0.25) is 0 Å². The summed E-state index contributed by atoms with van der Waals surface area (Å²) in [5.74, 6) is 0.671. The Hall–Kier alpha value is -3.01. The summed E-state index contributed by atoms with van der Waals surface area (Å²) in [6, 6.07) is 27.2. The van der Waals surface area contributed by atoms with Crippen LogP contribution in [0.4, 0.5) is 0 Å². The molecule has 0 radical (unpaired) electrons. The maximum atomic E-state index is 4.91. The molecule has 180 valence electrons. The Morgan fingerprint density at radius 3 is 2.36 bits per heavy atom. The number of rotatable bonds is 4. The zero-order valence-electron chi connectivity index (χ0n) is 21.6. The molecule has 0 atom stereocenters. The number of fused-ring (bicyclic) bond motifs is 3. The van der Waals surface area contributed by atoms with E-state index in [9.17, 15) is 0 Å². The predicted molar refractivity (Wildman–Crippen MR) is 161 cm³/mol. The van der Waals surface area contributed by atoms with E-state index in [0.29, 0.717) is 5.92 Å². The molecule has 0 saturated heterocycles. The van der Waals surface area contributed by atoms with Gasteiger partial charge in [-0.05, 0) is 86.8 Å². The molecule has 0 aliphatic rings. The van der Waals surface area contributed by atoms with Crippen molar-refractivity contribution >= 4 is 53.6 Å². The Balaban J connectivity index is 1.48. The summed E-state index contributed by atoms with van der Waals surface area (Å²) in [4.78, 5) is 7.57. The second-order valence-corrected chi connectivity index (χ2v) is 13.4. The highest BCUT2D eigenvalue weighted by molar-refractivity contribution is 7.28. The molecule has 0 amide bonds. The molecule has 3 aromatic carbocycles. The molecule has 0 spiro atoms. The predicted octanol–water partition coefficient (Wildman–Crippen LogP) is 10.5. The third kappa shape index (κ3) is 4.25. The smallest absolute Gasteiger partial charge is 0.0880 e. The number of benzene rings is 3. The average molecular weight is 506 g/mol. The molecule has 0 bridgehead atoms. The van der Waals surface area contributed by atoms with Gasteiger partial charge in [-0.2, -0.15) is 0 Å². The quantitative estimate of drug-likeness (QED) is 0.232. The molecule has 6 aromatic rings. The standard InChI is InChI=1S/C33H31NS2/c1-20(2)14-21-10-11-23-18-29(35-28(23)15-21)30-19-24-12-13-34-31(32(24)36-30)25-16-22-8-6-7-9-26(22)27(17-25)33(3,4)5/h6-13,15-20H,14H2,1-5H3. The molecule has 6 rings (SSSR count). The molecule has 0 fully saturated rings. The molecule has 3 heterocycles. The van der Waals surface area contributed by atoms with Gasteiger partial charge >= 0.3 is 0 Å². The second kappa shape index (κ2) is 8.83. The van der Waals surface area contributed by atoms with Gasteiger partial charge in [-0.15, -0.1) is 22.7 Å². The van der Waals surface area contributed by atoms with Gasteiger partial charge in [0.1, 0.15) is 0 Å². The lowest BCUT2D eigenvalue weighted by Gasteiger charge is -2.22. The molecular weight excluding hydrogens is 475 g/mol. The fraction of sp³-hybridized carbons (Fsp3) is 0.242. The summed E-state index contributed by atoms with van der Waals surface area (Å²) in [5, 5.41) is 5.21. The third-order valence-corrected chi connectivity index (χ3v) is 9.30. The molecule has 36 heavy (non-hydrogen) atoms. The van der Waals surface area contributed by atoms with Gasteiger partial charge < -0.3 is 0 Å². The summed E-state index contributed by atoms with van der Waals surface area (Å²) in [6.07, 6.45) is 3.09. The Morgan fingerprint density at radius 1 is 0.778 bits per heavy atom. The van der Waals surface area contributed by atoms with Crippen molar-refractivity contribution in [3.05, 3.63) is 90.1 Å². The Morgan fingerprint density at radius 2 is 1.56 bits per heavy atom. The van der Waals surface area contributed by atoms with Gasteiger partial charge in [0.15, 0.2) is 0 Å². The molecule has 0 aliphatic heterocycles. The first-order valence-electron chi connectivity index (χ1n) is 12.7. The zero-order chi connectivity index (χ0) is 25.0. The van der Waals surface area contributed by atoms with Gasteiger partial charge in [0, 0.05) is 26.2 Å². The maximum Gasteiger partial charge on any atom is 0.0880 e. The van der Waals surface area contributed by atoms with Crippen LogP contribution in [0.1, 0.15) is 45.7 Å². The molecule has 0 aliphatic carbocycles. The first-order valence-corrected chi connectivity index (χ1v) is 14.3. The van der Waals surface area contributed by atoms with E-state index in [-0.39, 0.29) is 5.41 Å². The summed E-state index contributed by atoms with van der Waals surface area (Å²) in [7, 11) is 0. The van der Waals surface area contributed by atoms with Crippen molar-refractivity contribution in [3.63, 3.8) is 0 Å². The Labute approximate surface area is 221 Å². The SMILES string of the molecule is CC(C)Cc1ccc2cc(-c3cc4ccnc(-c5cc(C(C)(C)C)c6ccccc6c5)c4s3)sc2c1. The van der Waals surface area contributed by atoms with Gasteiger partial charge in [0.05, 0.1) is 10.4 Å². The van der Waals surface area contributed by atoms with Crippen LogP contribution in [0.15, 0.2) is 79.0 Å². The second-order valence-electron chi connectivity index (χ2n) is 11.3. The van der Waals surface area contributed by atoms with Crippen molar-refractivity contribution < 1.29 is 0 Å². The minimum Gasteiger partial charge on any atom is -0.255 e. The highest BCUT2D eigenvalue weighted by atomic mass is 32.1. The van der Waals surface area contributed by atoms with Crippen molar-refractivity contribution in [2.24, 2.45) is 5.92 Å². The van der Waals surface area contributed by atoms with Crippen LogP contribution in [0.25, 0.3) is 52.0 Å². The number of thiophene rings is 2. The summed E-state index contributed by atoms with van der Waals surface area (Å²) >= 11 is 3.77. The van der Waals surface area contributed by atoms with Crippen LogP contribution in [0.5, 0.6) is 0 Å². The number of aromatic nitrogens is 1. The zero-order valence-corrected chi connectivity index (χ0v) is 23.2. The normalized spacial score (nSPS) is 12.4. The van der Waals surface area contributed by atoms with E-state index in [2.05, 4.69) is 107 Å². The number of hydrogen-bond acceptors (Lipinski definition) is 3. The first kappa shape index (κ1) is 23.4. The molecule has 3 heteroatoms. The van der Waals surface area contributed by atoms with Crippen LogP contribution in [0, 0.1) is 5.92 Å². The van der Waals surface area contributed by atoms with Gasteiger partial charge in [0.25, 0.3) is 0 Å².